The van der Waals surface area contributed by atoms with Gasteiger partial charge >= 0.3 is 6.03 Å². The van der Waals surface area contributed by atoms with Gasteiger partial charge in [-0.3, -0.25) is 14.9 Å². The third kappa shape index (κ3) is 2.76. The van der Waals surface area contributed by atoms with Crippen molar-refractivity contribution < 1.29 is 14.4 Å². The number of carbonyl (C=O) groups is 3. The van der Waals surface area contributed by atoms with E-state index in [1.807, 2.05) is 23.1 Å². The SMILES string of the molecule is O=C1NC(=O)[C@](CCC(=O)N2CCc3c([nH]c4cc(Cl)ccc34)C2)(C2CC2)N1. The van der Waals surface area contributed by atoms with E-state index in [0.29, 0.717) is 24.5 Å². The monoisotopic (exact) mass is 400 g/mol. The molecule has 4 amide bonds. The first kappa shape index (κ1) is 17.6. The minimum atomic E-state index is -0.911. The van der Waals surface area contributed by atoms with Crippen LogP contribution in [0, 0.1) is 5.92 Å². The third-order valence-electron chi connectivity index (χ3n) is 6.27. The number of urea groups is 1. The van der Waals surface area contributed by atoms with Gasteiger partial charge in [0.1, 0.15) is 5.54 Å². The lowest BCUT2D eigenvalue weighted by Crippen LogP contribution is -2.50. The number of nitrogens with one attached hydrogen (secondary N) is 3. The molecule has 8 heteroatoms. The number of aromatic amines is 1. The fourth-order valence-electron chi connectivity index (χ4n) is 4.64. The summed E-state index contributed by atoms with van der Waals surface area (Å²) in [7, 11) is 0. The van der Waals surface area contributed by atoms with Crippen molar-refractivity contribution in [2.75, 3.05) is 6.54 Å². The normalized spacial score (nSPS) is 24.2. The second kappa shape index (κ2) is 6.24. The average Bonchev–Trinajstić information content (AvgIpc) is 3.39. The first-order chi connectivity index (χ1) is 13.5. The van der Waals surface area contributed by atoms with Crippen molar-refractivity contribution in [1.82, 2.24) is 20.5 Å². The number of halogens is 1. The summed E-state index contributed by atoms with van der Waals surface area (Å²) in [6, 6.07) is 5.35. The maximum atomic E-state index is 12.9. The average molecular weight is 401 g/mol. The van der Waals surface area contributed by atoms with Crippen molar-refractivity contribution in [3.63, 3.8) is 0 Å². The summed E-state index contributed by atoms with van der Waals surface area (Å²) in [5.74, 6) is -0.143. The fraction of sp³-hybridized carbons (Fsp3) is 0.450. The number of rotatable bonds is 4. The fourth-order valence-corrected chi connectivity index (χ4v) is 4.82. The second-order valence-electron chi connectivity index (χ2n) is 7.99. The molecule has 1 aromatic carbocycles. The summed E-state index contributed by atoms with van der Waals surface area (Å²) in [5.41, 5.74) is 2.36. The Hall–Kier alpha value is -2.54. The van der Waals surface area contributed by atoms with Gasteiger partial charge in [-0.1, -0.05) is 17.7 Å². The Morgan fingerprint density at radius 1 is 1.29 bits per heavy atom. The van der Waals surface area contributed by atoms with Crippen LogP contribution in [0.3, 0.4) is 0 Å². The van der Waals surface area contributed by atoms with Crippen molar-refractivity contribution in [2.24, 2.45) is 5.92 Å². The highest BCUT2D eigenvalue weighted by molar-refractivity contribution is 6.31. The van der Waals surface area contributed by atoms with Crippen LogP contribution in [0.4, 0.5) is 4.79 Å². The Labute approximate surface area is 166 Å². The molecule has 2 aliphatic heterocycles. The number of amides is 4. The minimum absolute atomic E-state index is 0.0105. The van der Waals surface area contributed by atoms with Gasteiger partial charge in [-0.15, -0.1) is 0 Å². The molecule has 0 spiro atoms. The van der Waals surface area contributed by atoms with E-state index in [9.17, 15) is 14.4 Å². The van der Waals surface area contributed by atoms with Crippen LogP contribution in [-0.4, -0.2) is 39.8 Å². The summed E-state index contributed by atoms with van der Waals surface area (Å²) in [5, 5.41) is 6.96. The molecule has 3 aliphatic rings. The zero-order chi connectivity index (χ0) is 19.5. The van der Waals surface area contributed by atoms with Crippen LogP contribution in [0.15, 0.2) is 18.2 Å². The summed E-state index contributed by atoms with van der Waals surface area (Å²) in [6.07, 6.45) is 3.19. The van der Waals surface area contributed by atoms with Crippen molar-refractivity contribution in [2.45, 2.75) is 44.2 Å². The maximum absolute atomic E-state index is 12.9. The summed E-state index contributed by atoms with van der Waals surface area (Å²) in [6.45, 7) is 1.17. The van der Waals surface area contributed by atoms with Gasteiger partial charge in [0.15, 0.2) is 0 Å². The third-order valence-corrected chi connectivity index (χ3v) is 6.50. The number of aromatic nitrogens is 1. The van der Waals surface area contributed by atoms with E-state index in [4.69, 9.17) is 11.6 Å². The van der Waals surface area contributed by atoms with Crippen molar-refractivity contribution >= 4 is 40.3 Å². The van der Waals surface area contributed by atoms with Crippen LogP contribution in [0.25, 0.3) is 10.9 Å². The Morgan fingerprint density at radius 2 is 2.11 bits per heavy atom. The molecule has 7 nitrogen and oxygen atoms in total. The summed E-state index contributed by atoms with van der Waals surface area (Å²) >= 11 is 6.08. The number of benzene rings is 1. The molecular weight excluding hydrogens is 380 g/mol. The molecule has 5 rings (SSSR count). The van der Waals surface area contributed by atoms with Gasteiger partial charge in [0.25, 0.3) is 5.91 Å². The van der Waals surface area contributed by atoms with Gasteiger partial charge in [-0.2, -0.15) is 0 Å². The van der Waals surface area contributed by atoms with Crippen LogP contribution >= 0.6 is 11.6 Å². The van der Waals surface area contributed by atoms with E-state index in [2.05, 4.69) is 15.6 Å². The molecule has 0 bridgehead atoms. The summed E-state index contributed by atoms with van der Waals surface area (Å²) < 4.78 is 0. The molecule has 1 saturated carbocycles. The van der Waals surface area contributed by atoms with Crippen LogP contribution in [-0.2, 0) is 22.6 Å². The molecule has 1 atom stereocenters. The molecule has 3 heterocycles. The molecule has 0 radical (unpaired) electrons. The highest BCUT2D eigenvalue weighted by Gasteiger charge is 2.55. The molecule has 146 valence electrons. The lowest BCUT2D eigenvalue weighted by molar-refractivity contribution is -0.133. The Kier molecular flexibility index (Phi) is 3.91. The molecule has 2 aromatic rings. The number of nitrogens with zero attached hydrogens (tertiary/aromatic N) is 1. The van der Waals surface area contributed by atoms with Gasteiger partial charge in [-0.25, -0.2) is 4.79 Å². The molecule has 1 saturated heterocycles. The maximum Gasteiger partial charge on any atom is 0.322 e. The lowest BCUT2D eigenvalue weighted by atomic mass is 9.87. The predicted octanol–water partition coefficient (Wildman–Crippen LogP) is 2.47. The van der Waals surface area contributed by atoms with Crippen molar-refractivity contribution in [3.8, 4) is 0 Å². The van der Waals surface area contributed by atoms with Crippen molar-refractivity contribution in [1.29, 1.82) is 0 Å². The topological polar surface area (TPSA) is 94.3 Å². The molecule has 1 aromatic heterocycles. The van der Waals surface area contributed by atoms with E-state index >= 15 is 0 Å². The van der Waals surface area contributed by atoms with Crippen LogP contribution in [0.5, 0.6) is 0 Å². The smallest absolute Gasteiger partial charge is 0.322 e. The van der Waals surface area contributed by atoms with Crippen molar-refractivity contribution in [3.05, 3.63) is 34.5 Å². The highest BCUT2D eigenvalue weighted by Crippen LogP contribution is 2.44. The van der Waals surface area contributed by atoms with Gasteiger partial charge in [0, 0.05) is 34.6 Å². The van der Waals surface area contributed by atoms with E-state index in [-0.39, 0.29) is 24.2 Å². The van der Waals surface area contributed by atoms with E-state index in [0.717, 1.165) is 35.9 Å². The largest absolute Gasteiger partial charge is 0.357 e. The van der Waals surface area contributed by atoms with Crippen LogP contribution in [0.2, 0.25) is 5.02 Å². The Balaban J connectivity index is 1.30. The number of imide groups is 1. The first-order valence-corrected chi connectivity index (χ1v) is 10.0. The second-order valence-corrected chi connectivity index (χ2v) is 8.43. The van der Waals surface area contributed by atoms with Gasteiger partial charge in [0.2, 0.25) is 5.91 Å². The number of hydrogen-bond acceptors (Lipinski definition) is 3. The lowest BCUT2D eigenvalue weighted by Gasteiger charge is -2.30. The zero-order valence-corrected chi connectivity index (χ0v) is 16.1. The van der Waals surface area contributed by atoms with Gasteiger partial charge < -0.3 is 15.2 Å². The molecule has 0 unspecified atom stereocenters. The minimum Gasteiger partial charge on any atom is -0.357 e. The van der Waals surface area contributed by atoms with E-state index < -0.39 is 11.6 Å². The first-order valence-electron chi connectivity index (χ1n) is 9.66. The molecule has 2 fully saturated rings. The number of fused-ring (bicyclic) bond motifs is 3. The van der Waals surface area contributed by atoms with E-state index in [1.54, 1.807) is 0 Å². The molecule has 3 N–H and O–H groups in total. The molecule has 1 aliphatic carbocycles. The van der Waals surface area contributed by atoms with E-state index in [1.165, 1.54) is 5.56 Å². The summed E-state index contributed by atoms with van der Waals surface area (Å²) in [4.78, 5) is 42.0. The standard InChI is InChI=1S/C20H21ClN4O3/c21-12-3-4-13-14-6-8-25(10-16(14)22-15(13)9-12)17(26)5-7-20(11-1-2-11)18(27)23-19(28)24-20/h3-4,9,11,22H,1-2,5-8,10H2,(H2,23,24,27,28)/t20-/m0/s1. The van der Waals surface area contributed by atoms with Crippen LogP contribution in [0.1, 0.15) is 36.9 Å². The Morgan fingerprint density at radius 3 is 2.82 bits per heavy atom. The quantitative estimate of drug-likeness (QED) is 0.688. The van der Waals surface area contributed by atoms with Gasteiger partial charge in [0.05, 0.1) is 6.54 Å². The zero-order valence-electron chi connectivity index (χ0n) is 15.3. The Bertz CT molecular complexity index is 1010. The predicted molar refractivity (Wildman–Crippen MR) is 104 cm³/mol. The molecule has 28 heavy (non-hydrogen) atoms. The number of hydrogen-bond donors (Lipinski definition) is 3. The number of carbonyl (C=O) groups excluding carboxylic acids is 3. The van der Waals surface area contributed by atoms with Gasteiger partial charge in [-0.05, 0) is 49.3 Å². The number of H-pyrrole nitrogens is 1. The van der Waals surface area contributed by atoms with Crippen LogP contribution < -0.4 is 10.6 Å². The highest BCUT2D eigenvalue weighted by atomic mass is 35.5. The molecular formula is C20H21ClN4O3.